The Kier molecular flexibility index (Phi) is 5.46. The highest BCUT2D eigenvalue weighted by Gasteiger charge is 2.17. The van der Waals surface area contributed by atoms with E-state index in [4.69, 9.17) is 10.5 Å². The minimum Gasteiger partial charge on any atom is -0.370 e. The molecule has 96 valence electrons. The molecule has 1 heterocycles. The second kappa shape index (κ2) is 6.63. The minimum absolute atomic E-state index is 0.139. The molecule has 17 heavy (non-hydrogen) atoms. The minimum atomic E-state index is -0.646. The predicted molar refractivity (Wildman–Crippen MR) is 66.9 cm³/mol. The summed E-state index contributed by atoms with van der Waals surface area (Å²) in [7, 11) is 1.45. The van der Waals surface area contributed by atoms with E-state index in [1.165, 1.54) is 18.4 Å². The number of amides is 1. The SMILES string of the molecule is COC(CN)C(=O)Nc1nnc(CC(C)C)s1. The van der Waals surface area contributed by atoms with Crippen molar-refractivity contribution in [2.24, 2.45) is 11.7 Å². The number of hydrogen-bond acceptors (Lipinski definition) is 6. The molecule has 1 rings (SSSR count). The summed E-state index contributed by atoms with van der Waals surface area (Å²) in [6.07, 6.45) is 0.213. The van der Waals surface area contributed by atoms with Crippen LogP contribution in [0.1, 0.15) is 18.9 Å². The lowest BCUT2D eigenvalue weighted by Gasteiger charge is -2.10. The maximum absolute atomic E-state index is 11.6. The van der Waals surface area contributed by atoms with Crippen LogP contribution in [0.4, 0.5) is 5.13 Å². The van der Waals surface area contributed by atoms with Gasteiger partial charge >= 0.3 is 0 Å². The van der Waals surface area contributed by atoms with E-state index >= 15 is 0 Å². The van der Waals surface area contributed by atoms with Crippen molar-refractivity contribution in [3.63, 3.8) is 0 Å². The van der Waals surface area contributed by atoms with Crippen LogP contribution >= 0.6 is 11.3 Å². The molecular formula is C10H18N4O2S. The van der Waals surface area contributed by atoms with E-state index in [9.17, 15) is 4.79 Å². The monoisotopic (exact) mass is 258 g/mol. The lowest BCUT2D eigenvalue weighted by molar-refractivity contribution is -0.125. The van der Waals surface area contributed by atoms with Crippen molar-refractivity contribution < 1.29 is 9.53 Å². The van der Waals surface area contributed by atoms with Gasteiger partial charge in [0.2, 0.25) is 5.13 Å². The predicted octanol–water partition coefficient (Wildman–Crippen LogP) is 0.649. The largest absolute Gasteiger partial charge is 0.370 e. The molecule has 1 unspecified atom stereocenters. The highest BCUT2D eigenvalue weighted by molar-refractivity contribution is 7.15. The van der Waals surface area contributed by atoms with Crippen molar-refractivity contribution >= 4 is 22.4 Å². The summed E-state index contributed by atoms with van der Waals surface area (Å²) in [6, 6.07) is 0. The lowest BCUT2D eigenvalue weighted by Crippen LogP contribution is -2.35. The molecule has 0 bridgehead atoms. The molecule has 1 aromatic rings. The van der Waals surface area contributed by atoms with Crippen molar-refractivity contribution in [2.45, 2.75) is 26.4 Å². The van der Waals surface area contributed by atoms with Gasteiger partial charge in [0.25, 0.3) is 5.91 Å². The summed E-state index contributed by atoms with van der Waals surface area (Å²) in [6.45, 7) is 4.35. The van der Waals surface area contributed by atoms with Gasteiger partial charge in [0.1, 0.15) is 11.1 Å². The molecule has 0 saturated heterocycles. The van der Waals surface area contributed by atoms with E-state index in [-0.39, 0.29) is 12.5 Å². The maximum atomic E-state index is 11.6. The topological polar surface area (TPSA) is 90.1 Å². The van der Waals surface area contributed by atoms with E-state index < -0.39 is 6.10 Å². The van der Waals surface area contributed by atoms with Gasteiger partial charge in [0.15, 0.2) is 0 Å². The van der Waals surface area contributed by atoms with Gasteiger partial charge in [0, 0.05) is 20.1 Å². The van der Waals surface area contributed by atoms with E-state index in [0.29, 0.717) is 11.0 Å². The van der Waals surface area contributed by atoms with E-state index in [1.807, 2.05) is 0 Å². The molecule has 0 aliphatic rings. The number of rotatable bonds is 6. The highest BCUT2D eigenvalue weighted by atomic mass is 32.1. The Labute approximate surface area is 105 Å². The number of carbonyl (C=O) groups is 1. The Balaban J connectivity index is 2.57. The summed E-state index contributed by atoms with van der Waals surface area (Å²) in [4.78, 5) is 11.6. The first kappa shape index (κ1) is 14.0. The Hall–Kier alpha value is -1.05. The number of aromatic nitrogens is 2. The van der Waals surface area contributed by atoms with Gasteiger partial charge in [-0.2, -0.15) is 0 Å². The summed E-state index contributed by atoms with van der Waals surface area (Å²) in [5.41, 5.74) is 5.39. The fourth-order valence-electron chi connectivity index (χ4n) is 1.23. The molecule has 0 aliphatic carbocycles. The van der Waals surface area contributed by atoms with Gasteiger partial charge in [-0.05, 0) is 5.92 Å². The zero-order valence-corrected chi connectivity index (χ0v) is 11.1. The van der Waals surface area contributed by atoms with Gasteiger partial charge in [-0.3, -0.25) is 10.1 Å². The molecule has 0 aliphatic heterocycles. The van der Waals surface area contributed by atoms with Gasteiger partial charge in [0.05, 0.1) is 0 Å². The number of nitrogens with zero attached hydrogens (tertiary/aromatic N) is 2. The van der Waals surface area contributed by atoms with Crippen LogP contribution in [0.15, 0.2) is 0 Å². The van der Waals surface area contributed by atoms with Crippen molar-refractivity contribution in [3.8, 4) is 0 Å². The molecular weight excluding hydrogens is 240 g/mol. The zero-order valence-electron chi connectivity index (χ0n) is 10.3. The third-order valence-corrected chi connectivity index (χ3v) is 2.93. The van der Waals surface area contributed by atoms with Crippen molar-refractivity contribution in [1.29, 1.82) is 0 Å². The fourth-order valence-corrected chi connectivity index (χ4v) is 2.19. The second-order valence-electron chi connectivity index (χ2n) is 4.05. The first-order valence-electron chi connectivity index (χ1n) is 5.43. The van der Waals surface area contributed by atoms with Crippen LogP contribution in [0.5, 0.6) is 0 Å². The van der Waals surface area contributed by atoms with Crippen molar-refractivity contribution in [2.75, 3.05) is 19.0 Å². The van der Waals surface area contributed by atoms with E-state index in [1.54, 1.807) is 0 Å². The van der Waals surface area contributed by atoms with Crippen LogP contribution in [0, 0.1) is 5.92 Å². The highest BCUT2D eigenvalue weighted by Crippen LogP contribution is 2.18. The van der Waals surface area contributed by atoms with Crippen LogP contribution < -0.4 is 11.1 Å². The zero-order chi connectivity index (χ0) is 12.8. The third-order valence-electron chi connectivity index (χ3n) is 2.07. The number of hydrogen-bond donors (Lipinski definition) is 2. The normalized spacial score (nSPS) is 12.8. The first-order chi connectivity index (χ1) is 8.06. The molecule has 1 aromatic heterocycles. The van der Waals surface area contributed by atoms with Gasteiger partial charge in [-0.25, -0.2) is 0 Å². The molecule has 0 radical (unpaired) electrons. The summed E-state index contributed by atoms with van der Waals surface area (Å²) < 4.78 is 4.92. The maximum Gasteiger partial charge on any atom is 0.256 e. The second-order valence-corrected chi connectivity index (χ2v) is 5.11. The number of nitrogens with one attached hydrogen (secondary N) is 1. The van der Waals surface area contributed by atoms with E-state index in [0.717, 1.165) is 11.4 Å². The van der Waals surface area contributed by atoms with Crippen molar-refractivity contribution in [1.82, 2.24) is 10.2 Å². The molecule has 1 amide bonds. The molecule has 1 atom stereocenters. The quantitative estimate of drug-likeness (QED) is 0.782. The average molecular weight is 258 g/mol. The number of ether oxygens (including phenoxy) is 1. The van der Waals surface area contributed by atoms with Crippen LogP contribution in [0.3, 0.4) is 0 Å². The molecule has 0 spiro atoms. The van der Waals surface area contributed by atoms with Crippen LogP contribution in [0.25, 0.3) is 0 Å². The fraction of sp³-hybridized carbons (Fsp3) is 0.700. The molecule has 6 nitrogen and oxygen atoms in total. The standard InChI is InChI=1S/C10H18N4O2S/c1-6(2)4-8-13-14-10(17-8)12-9(15)7(5-11)16-3/h6-7H,4-5,11H2,1-3H3,(H,12,14,15). The van der Waals surface area contributed by atoms with Crippen LogP contribution in [0.2, 0.25) is 0 Å². The lowest BCUT2D eigenvalue weighted by atomic mass is 10.1. The molecule has 0 fully saturated rings. The van der Waals surface area contributed by atoms with E-state index in [2.05, 4.69) is 29.4 Å². The summed E-state index contributed by atoms with van der Waals surface area (Å²) in [5, 5.41) is 11.9. The van der Waals surface area contributed by atoms with Crippen LogP contribution in [-0.4, -0.2) is 35.9 Å². The van der Waals surface area contributed by atoms with Gasteiger partial charge in [-0.15, -0.1) is 10.2 Å². The van der Waals surface area contributed by atoms with Gasteiger partial charge < -0.3 is 10.5 Å². The summed E-state index contributed by atoms with van der Waals surface area (Å²) >= 11 is 1.38. The Morgan fingerprint density at radius 3 is 2.76 bits per heavy atom. The first-order valence-corrected chi connectivity index (χ1v) is 6.24. The Morgan fingerprint density at radius 2 is 2.24 bits per heavy atom. The molecule has 0 saturated carbocycles. The smallest absolute Gasteiger partial charge is 0.256 e. The van der Waals surface area contributed by atoms with Crippen molar-refractivity contribution in [3.05, 3.63) is 5.01 Å². The number of methoxy groups -OCH3 is 1. The molecule has 7 heteroatoms. The molecule has 0 aromatic carbocycles. The van der Waals surface area contributed by atoms with Crippen LogP contribution in [-0.2, 0) is 16.0 Å². The summed E-state index contributed by atoms with van der Waals surface area (Å²) in [5.74, 6) is 0.226. The Bertz CT molecular complexity index is 363. The Morgan fingerprint density at radius 1 is 1.53 bits per heavy atom. The number of carbonyl (C=O) groups excluding carboxylic acids is 1. The number of nitrogens with two attached hydrogens (primary N) is 1. The third kappa shape index (κ3) is 4.37. The van der Waals surface area contributed by atoms with Gasteiger partial charge in [-0.1, -0.05) is 25.2 Å². The average Bonchev–Trinajstić information content (AvgIpc) is 2.66. The number of anilines is 1. The molecule has 3 N–H and O–H groups in total.